The van der Waals surface area contributed by atoms with Crippen molar-refractivity contribution in [2.45, 2.75) is 24.7 Å². The molecule has 1 rings (SSSR count). The van der Waals surface area contributed by atoms with E-state index in [2.05, 4.69) is 12.6 Å². The molecule has 5 heteroatoms. The summed E-state index contributed by atoms with van der Waals surface area (Å²) in [4.78, 5) is 10.2. The Morgan fingerprint density at radius 1 is 1.54 bits per heavy atom. The van der Waals surface area contributed by atoms with Crippen molar-refractivity contribution in [1.29, 1.82) is 0 Å². The largest absolute Gasteiger partial charge is 0.429 e. The fraction of sp³-hybridized carbons (Fsp3) is 1.00. The summed E-state index contributed by atoms with van der Waals surface area (Å²) in [5.74, 6) is 0.830. The Bertz CT molecular complexity index is 148. The van der Waals surface area contributed by atoms with Gasteiger partial charge in [0.25, 0.3) is 0 Å². The maximum Gasteiger partial charge on any atom is 0.216 e. The minimum atomic E-state index is -2.22. The molecular weight excluding hydrogens is 204 g/mol. The summed E-state index contributed by atoms with van der Waals surface area (Å²) in [6.07, 6.45) is 0.961. The topological polar surface area (TPSA) is 38.7 Å². The lowest BCUT2D eigenvalue weighted by atomic mass is 10.6. The van der Waals surface area contributed by atoms with Crippen molar-refractivity contribution < 1.29 is 14.3 Å². The molecule has 0 aromatic rings. The normalized spacial score (nSPS) is 28.4. The Labute approximate surface area is 86.0 Å². The Morgan fingerprint density at radius 2 is 2.31 bits per heavy atom. The molecule has 0 amide bonds. The summed E-state index contributed by atoms with van der Waals surface area (Å²) >= 11 is 4.14. The van der Waals surface area contributed by atoms with E-state index in [0.717, 1.165) is 18.2 Å². The van der Waals surface area contributed by atoms with Crippen LogP contribution in [0, 0.1) is 0 Å². The van der Waals surface area contributed by atoms with Gasteiger partial charge in [-0.3, -0.25) is 0 Å². The Kier molecular flexibility index (Phi) is 4.75. The Hall–Kier alpha value is 0.447. The predicted molar refractivity (Wildman–Crippen MR) is 57.7 cm³/mol. The zero-order valence-corrected chi connectivity index (χ0v) is 9.93. The highest BCUT2D eigenvalue weighted by Crippen LogP contribution is 2.19. The van der Waals surface area contributed by atoms with Gasteiger partial charge in [0.2, 0.25) is 8.32 Å². The fourth-order valence-electron chi connectivity index (χ4n) is 1.44. The molecule has 0 bridgehead atoms. The third kappa shape index (κ3) is 3.59. The molecule has 1 aliphatic heterocycles. The molecule has 2 atom stereocenters. The molecule has 0 aromatic carbocycles. The van der Waals surface area contributed by atoms with Crippen molar-refractivity contribution >= 4 is 20.9 Å². The first-order valence-electron chi connectivity index (χ1n) is 4.69. The van der Waals surface area contributed by atoms with Gasteiger partial charge in [0.05, 0.1) is 25.5 Å². The summed E-state index contributed by atoms with van der Waals surface area (Å²) in [5.41, 5.74) is -0.0406. The van der Waals surface area contributed by atoms with E-state index in [1.807, 2.05) is 6.55 Å². The zero-order chi connectivity index (χ0) is 9.73. The van der Waals surface area contributed by atoms with Crippen LogP contribution < -0.4 is 0 Å². The second kappa shape index (κ2) is 5.36. The maximum atomic E-state index is 10.2. The first kappa shape index (κ1) is 11.5. The minimum absolute atomic E-state index is 0.0406. The summed E-state index contributed by atoms with van der Waals surface area (Å²) in [7, 11) is -2.22. The van der Waals surface area contributed by atoms with Crippen molar-refractivity contribution in [2.75, 3.05) is 25.6 Å². The van der Waals surface area contributed by atoms with Crippen LogP contribution in [0.15, 0.2) is 0 Å². The van der Waals surface area contributed by atoms with Gasteiger partial charge in [0, 0.05) is 0 Å². The van der Waals surface area contributed by atoms with Crippen molar-refractivity contribution in [1.82, 2.24) is 0 Å². The van der Waals surface area contributed by atoms with Gasteiger partial charge >= 0.3 is 0 Å². The highest BCUT2D eigenvalue weighted by atomic mass is 32.1. The number of hydrogen-bond donors (Lipinski definition) is 2. The van der Waals surface area contributed by atoms with Crippen molar-refractivity contribution in [2.24, 2.45) is 0 Å². The van der Waals surface area contributed by atoms with Crippen LogP contribution in [0.1, 0.15) is 6.42 Å². The number of rotatable bonds is 4. The summed E-state index contributed by atoms with van der Waals surface area (Å²) in [5, 5.41) is 0. The van der Waals surface area contributed by atoms with Crippen LogP contribution in [-0.4, -0.2) is 44.4 Å². The number of ether oxygens (including phenoxy) is 2. The lowest BCUT2D eigenvalue weighted by molar-refractivity contribution is -0.0633. The van der Waals surface area contributed by atoms with E-state index < -0.39 is 8.32 Å². The van der Waals surface area contributed by atoms with E-state index in [-0.39, 0.29) is 5.73 Å². The molecule has 1 heterocycles. The molecule has 1 fully saturated rings. The molecular formula is C8H18O3SSi. The fourth-order valence-corrected chi connectivity index (χ4v) is 4.07. The van der Waals surface area contributed by atoms with Gasteiger partial charge in [-0.05, 0) is 24.8 Å². The van der Waals surface area contributed by atoms with Crippen LogP contribution in [0.4, 0.5) is 0 Å². The van der Waals surface area contributed by atoms with Crippen molar-refractivity contribution in [3.05, 3.63) is 0 Å². The quantitative estimate of drug-likeness (QED) is 0.546. The molecule has 3 nitrogen and oxygen atoms in total. The van der Waals surface area contributed by atoms with Gasteiger partial charge < -0.3 is 14.3 Å². The number of thiol groups is 1. The Balaban J connectivity index is 2.36. The second-order valence-corrected chi connectivity index (χ2v) is 7.92. The van der Waals surface area contributed by atoms with Gasteiger partial charge in [0.1, 0.15) is 0 Å². The summed E-state index contributed by atoms with van der Waals surface area (Å²) in [6, 6.07) is 0.852. The smallest absolute Gasteiger partial charge is 0.216 e. The van der Waals surface area contributed by atoms with E-state index in [4.69, 9.17) is 9.47 Å². The molecule has 0 saturated carbocycles. The second-order valence-electron chi connectivity index (χ2n) is 3.62. The summed E-state index contributed by atoms with van der Waals surface area (Å²) in [6.45, 7) is 3.78. The van der Waals surface area contributed by atoms with E-state index in [0.29, 0.717) is 19.8 Å². The lowest BCUT2D eigenvalue weighted by Crippen LogP contribution is -2.51. The van der Waals surface area contributed by atoms with Crippen molar-refractivity contribution in [3.63, 3.8) is 0 Å². The minimum Gasteiger partial charge on any atom is -0.429 e. The molecule has 78 valence electrons. The van der Waals surface area contributed by atoms with Crippen molar-refractivity contribution in [3.8, 4) is 0 Å². The van der Waals surface area contributed by atoms with Gasteiger partial charge in [-0.2, -0.15) is 12.6 Å². The average Bonchev–Trinajstić information content (AvgIpc) is 2.16. The molecule has 0 spiro atoms. The molecule has 2 unspecified atom stereocenters. The lowest BCUT2D eigenvalue weighted by Gasteiger charge is -2.33. The Morgan fingerprint density at radius 3 is 2.85 bits per heavy atom. The van der Waals surface area contributed by atoms with E-state index in [1.54, 1.807) is 0 Å². The molecule has 0 aromatic heterocycles. The predicted octanol–water partition coefficient (Wildman–Crippen LogP) is 0.828. The first-order valence-corrected chi connectivity index (χ1v) is 8.06. The van der Waals surface area contributed by atoms with Gasteiger partial charge in [-0.25, -0.2) is 0 Å². The first-order chi connectivity index (χ1) is 6.17. The van der Waals surface area contributed by atoms with Crippen LogP contribution >= 0.6 is 12.6 Å². The van der Waals surface area contributed by atoms with Gasteiger partial charge in [0.15, 0.2) is 0 Å². The zero-order valence-electron chi connectivity index (χ0n) is 8.03. The highest BCUT2D eigenvalue weighted by Gasteiger charge is 2.37. The molecule has 1 aliphatic rings. The van der Waals surface area contributed by atoms with Crippen LogP contribution in [0.3, 0.4) is 0 Å². The van der Waals surface area contributed by atoms with E-state index >= 15 is 0 Å². The monoisotopic (exact) mass is 222 g/mol. The standard InChI is InChI=1S/C8H18O3SSi/c1-13(9,6-2-5-12)8-7-10-3-4-11-8/h8-9,12H,2-7H2,1H3. The summed E-state index contributed by atoms with van der Waals surface area (Å²) < 4.78 is 10.8. The van der Waals surface area contributed by atoms with E-state index in [9.17, 15) is 4.80 Å². The SMILES string of the molecule is C[Si](O)(CCCS)C1COCCO1. The highest BCUT2D eigenvalue weighted by molar-refractivity contribution is 7.80. The van der Waals surface area contributed by atoms with Crippen LogP contribution in [0.5, 0.6) is 0 Å². The van der Waals surface area contributed by atoms with Crippen LogP contribution in [-0.2, 0) is 9.47 Å². The average molecular weight is 222 g/mol. The molecule has 0 aliphatic carbocycles. The molecule has 1 N–H and O–H groups in total. The maximum absolute atomic E-state index is 10.2. The molecule has 13 heavy (non-hydrogen) atoms. The van der Waals surface area contributed by atoms with Gasteiger partial charge in [-0.1, -0.05) is 0 Å². The van der Waals surface area contributed by atoms with E-state index in [1.165, 1.54) is 0 Å². The molecule has 0 radical (unpaired) electrons. The third-order valence-electron chi connectivity index (χ3n) is 2.35. The van der Waals surface area contributed by atoms with Crippen LogP contribution in [0.2, 0.25) is 12.6 Å². The van der Waals surface area contributed by atoms with Gasteiger partial charge in [-0.15, -0.1) is 0 Å². The van der Waals surface area contributed by atoms with Crippen LogP contribution in [0.25, 0.3) is 0 Å². The number of hydrogen-bond acceptors (Lipinski definition) is 4. The third-order valence-corrected chi connectivity index (χ3v) is 5.75. The molecule has 1 saturated heterocycles.